The summed E-state index contributed by atoms with van der Waals surface area (Å²) < 4.78 is 5.31. The zero-order chi connectivity index (χ0) is 15.1. The van der Waals surface area contributed by atoms with Crippen LogP contribution in [0, 0.1) is 0 Å². The lowest BCUT2D eigenvalue weighted by atomic mass is 10.1. The quantitative estimate of drug-likeness (QED) is 0.843. The van der Waals surface area contributed by atoms with Crippen molar-refractivity contribution in [1.29, 1.82) is 0 Å². The minimum atomic E-state index is -0.257. The number of amides is 1. The number of carbonyl (C=O) groups is 1. The summed E-state index contributed by atoms with van der Waals surface area (Å²) in [6.45, 7) is 3.69. The van der Waals surface area contributed by atoms with Gasteiger partial charge in [-0.25, -0.2) is 0 Å². The molecule has 2 heterocycles. The van der Waals surface area contributed by atoms with Crippen LogP contribution in [-0.2, 0) is 4.79 Å². The number of hydrogen-bond donors (Lipinski definition) is 2. The van der Waals surface area contributed by atoms with E-state index in [4.69, 9.17) is 4.42 Å². The van der Waals surface area contributed by atoms with Crippen molar-refractivity contribution in [2.75, 3.05) is 19.7 Å². The second kappa shape index (κ2) is 8.20. The highest BCUT2D eigenvalue weighted by atomic mass is 16.3. The molecular weight excluding hydrogens is 268 g/mol. The monoisotopic (exact) mass is 294 g/mol. The molecular formula is C16H26N2O3. The molecule has 2 atom stereocenters. The van der Waals surface area contributed by atoms with Crippen molar-refractivity contribution in [3.8, 4) is 0 Å². The molecule has 1 aromatic heterocycles. The maximum atomic E-state index is 12.3. The lowest BCUT2D eigenvalue weighted by molar-refractivity contribution is -0.131. The molecule has 2 rings (SSSR count). The molecule has 2 N–H and O–H groups in total. The zero-order valence-corrected chi connectivity index (χ0v) is 12.8. The molecule has 5 heteroatoms. The van der Waals surface area contributed by atoms with E-state index in [0.717, 1.165) is 25.9 Å². The van der Waals surface area contributed by atoms with E-state index in [-0.39, 0.29) is 24.6 Å². The van der Waals surface area contributed by atoms with Crippen molar-refractivity contribution in [2.45, 2.75) is 51.1 Å². The molecule has 5 nitrogen and oxygen atoms in total. The number of rotatable bonds is 6. The molecule has 0 spiro atoms. The maximum absolute atomic E-state index is 12.3. The van der Waals surface area contributed by atoms with Crippen LogP contribution in [-0.4, -0.2) is 41.7 Å². The lowest BCUT2D eigenvalue weighted by Crippen LogP contribution is -2.39. The van der Waals surface area contributed by atoms with Gasteiger partial charge >= 0.3 is 0 Å². The third kappa shape index (κ3) is 4.86. The van der Waals surface area contributed by atoms with Crippen LogP contribution in [0.2, 0.25) is 0 Å². The minimum absolute atomic E-state index is 0.00278. The number of nitrogens with one attached hydrogen (secondary N) is 1. The molecule has 0 aliphatic carbocycles. The van der Waals surface area contributed by atoms with E-state index < -0.39 is 0 Å². The summed E-state index contributed by atoms with van der Waals surface area (Å²) in [5.74, 6) is 0.902. The van der Waals surface area contributed by atoms with Gasteiger partial charge < -0.3 is 19.7 Å². The molecule has 1 fully saturated rings. The molecule has 0 saturated carbocycles. The molecule has 2 unspecified atom stereocenters. The van der Waals surface area contributed by atoms with E-state index >= 15 is 0 Å². The van der Waals surface area contributed by atoms with E-state index in [0.29, 0.717) is 12.2 Å². The van der Waals surface area contributed by atoms with Gasteiger partial charge in [-0.3, -0.25) is 4.79 Å². The Morgan fingerprint density at radius 3 is 2.67 bits per heavy atom. The van der Waals surface area contributed by atoms with Crippen LogP contribution < -0.4 is 5.32 Å². The number of nitrogens with zero attached hydrogens (tertiary/aromatic N) is 1. The average Bonchev–Trinajstić information content (AvgIpc) is 2.86. The van der Waals surface area contributed by atoms with Gasteiger partial charge in [0.2, 0.25) is 5.91 Å². The van der Waals surface area contributed by atoms with E-state index in [1.54, 1.807) is 12.3 Å². The highest BCUT2D eigenvalue weighted by Crippen LogP contribution is 2.15. The molecule has 1 amide bonds. The molecule has 118 valence electrons. The maximum Gasteiger partial charge on any atom is 0.224 e. The largest absolute Gasteiger partial charge is 0.468 e. The van der Waals surface area contributed by atoms with Gasteiger partial charge in [-0.05, 0) is 31.9 Å². The third-order valence-corrected chi connectivity index (χ3v) is 3.99. The van der Waals surface area contributed by atoms with Crippen LogP contribution in [0.4, 0.5) is 0 Å². The number of carbonyl (C=O) groups excluding carboxylic acids is 1. The van der Waals surface area contributed by atoms with Crippen LogP contribution in [0.5, 0.6) is 0 Å². The highest BCUT2D eigenvalue weighted by molar-refractivity contribution is 5.76. The van der Waals surface area contributed by atoms with E-state index in [2.05, 4.69) is 5.32 Å². The first-order chi connectivity index (χ1) is 10.2. The Bertz CT molecular complexity index is 411. The normalized spacial score (nSPS) is 19.0. The summed E-state index contributed by atoms with van der Waals surface area (Å²) in [5.41, 5.74) is 0. The first kappa shape index (κ1) is 16.0. The van der Waals surface area contributed by atoms with E-state index in [9.17, 15) is 9.90 Å². The fraction of sp³-hybridized carbons (Fsp3) is 0.688. The predicted molar refractivity (Wildman–Crippen MR) is 80.8 cm³/mol. The van der Waals surface area contributed by atoms with Crippen molar-refractivity contribution in [3.05, 3.63) is 24.2 Å². The van der Waals surface area contributed by atoms with Crippen molar-refractivity contribution in [1.82, 2.24) is 10.2 Å². The molecule has 1 aliphatic rings. The molecule has 1 aromatic rings. The van der Waals surface area contributed by atoms with Gasteiger partial charge in [0.05, 0.1) is 18.9 Å². The molecule has 1 saturated heterocycles. The van der Waals surface area contributed by atoms with Crippen LogP contribution in [0.25, 0.3) is 0 Å². The smallest absolute Gasteiger partial charge is 0.224 e. The summed E-state index contributed by atoms with van der Waals surface area (Å²) in [4.78, 5) is 14.3. The highest BCUT2D eigenvalue weighted by Gasteiger charge is 2.21. The fourth-order valence-corrected chi connectivity index (χ4v) is 2.83. The molecule has 0 radical (unpaired) electrons. The first-order valence-corrected chi connectivity index (χ1v) is 7.89. The Labute approximate surface area is 126 Å². The predicted octanol–water partition coefficient (Wildman–Crippen LogP) is 2.08. The van der Waals surface area contributed by atoms with Gasteiger partial charge in [0.1, 0.15) is 5.76 Å². The summed E-state index contributed by atoms with van der Waals surface area (Å²) in [7, 11) is 0. The molecule has 1 aliphatic heterocycles. The summed E-state index contributed by atoms with van der Waals surface area (Å²) in [5, 5.41) is 12.7. The third-order valence-electron chi connectivity index (χ3n) is 3.99. The molecule has 21 heavy (non-hydrogen) atoms. The Hall–Kier alpha value is -1.33. The second-order valence-corrected chi connectivity index (χ2v) is 5.82. The van der Waals surface area contributed by atoms with Crippen LogP contribution in [0.15, 0.2) is 22.8 Å². The Balaban J connectivity index is 1.82. The summed E-state index contributed by atoms with van der Waals surface area (Å²) in [6.07, 6.45) is 6.72. The van der Waals surface area contributed by atoms with Gasteiger partial charge in [-0.2, -0.15) is 0 Å². The van der Waals surface area contributed by atoms with Crippen LogP contribution >= 0.6 is 0 Å². The second-order valence-electron chi connectivity index (χ2n) is 5.82. The fourth-order valence-electron chi connectivity index (χ4n) is 2.83. The van der Waals surface area contributed by atoms with E-state index in [1.165, 1.54) is 12.8 Å². The lowest BCUT2D eigenvalue weighted by Gasteiger charge is -2.24. The Kier molecular flexibility index (Phi) is 6.26. The van der Waals surface area contributed by atoms with E-state index in [1.807, 2.05) is 17.9 Å². The van der Waals surface area contributed by atoms with Crippen LogP contribution in [0.1, 0.15) is 50.8 Å². The van der Waals surface area contributed by atoms with Gasteiger partial charge in [-0.1, -0.05) is 12.8 Å². The van der Waals surface area contributed by atoms with Gasteiger partial charge in [-0.15, -0.1) is 0 Å². The average molecular weight is 294 g/mol. The summed E-state index contributed by atoms with van der Waals surface area (Å²) >= 11 is 0. The van der Waals surface area contributed by atoms with Crippen LogP contribution in [0.3, 0.4) is 0 Å². The molecule has 0 bridgehead atoms. The molecule has 0 aromatic carbocycles. The van der Waals surface area contributed by atoms with Crippen molar-refractivity contribution in [2.24, 2.45) is 0 Å². The van der Waals surface area contributed by atoms with Crippen molar-refractivity contribution >= 4 is 5.91 Å². The SMILES string of the molecule is CC(CC(=O)N1CCCCCC1)NC(CO)c1ccco1. The zero-order valence-electron chi connectivity index (χ0n) is 12.8. The van der Waals surface area contributed by atoms with Crippen molar-refractivity contribution in [3.63, 3.8) is 0 Å². The number of hydrogen-bond acceptors (Lipinski definition) is 4. The van der Waals surface area contributed by atoms with Crippen molar-refractivity contribution < 1.29 is 14.3 Å². The number of aliphatic hydroxyl groups is 1. The summed E-state index contributed by atoms with van der Waals surface area (Å²) in [6, 6.07) is 3.37. The number of likely N-dealkylation sites (tertiary alicyclic amines) is 1. The Morgan fingerprint density at radius 1 is 1.38 bits per heavy atom. The van der Waals surface area contributed by atoms with Gasteiger partial charge in [0.25, 0.3) is 0 Å². The van der Waals surface area contributed by atoms with Gasteiger partial charge in [0, 0.05) is 25.6 Å². The minimum Gasteiger partial charge on any atom is -0.468 e. The first-order valence-electron chi connectivity index (χ1n) is 7.89. The number of aliphatic hydroxyl groups excluding tert-OH is 1. The Morgan fingerprint density at radius 2 is 2.10 bits per heavy atom. The topological polar surface area (TPSA) is 65.7 Å². The number of furan rings is 1. The van der Waals surface area contributed by atoms with Gasteiger partial charge in [0.15, 0.2) is 0 Å². The standard InChI is InChI=1S/C16H26N2O3/c1-13(17-14(12-19)15-7-6-10-21-15)11-16(20)18-8-4-2-3-5-9-18/h6-7,10,13-14,17,19H,2-5,8-9,11-12H2,1H3.